The number of pyridine rings is 1. The predicted molar refractivity (Wildman–Crippen MR) is 105 cm³/mol. The number of carbonyl (C=O) groups is 2. The van der Waals surface area contributed by atoms with Crippen LogP contribution in [-0.4, -0.2) is 31.1 Å². The maximum atomic E-state index is 13.1. The third-order valence-electron chi connectivity index (χ3n) is 4.27. The van der Waals surface area contributed by atoms with Crippen LogP contribution in [0.4, 0.5) is 5.69 Å². The molecule has 1 atom stereocenters. The number of rotatable bonds is 6. The van der Waals surface area contributed by atoms with Gasteiger partial charge in [-0.2, -0.15) is 0 Å². The number of aromatic nitrogens is 1. The van der Waals surface area contributed by atoms with E-state index in [4.69, 9.17) is 4.74 Å². The Morgan fingerprint density at radius 1 is 0.929 bits per heavy atom. The van der Waals surface area contributed by atoms with E-state index in [0.717, 1.165) is 5.56 Å². The van der Waals surface area contributed by atoms with Crippen molar-refractivity contribution >= 4 is 17.6 Å². The Kier molecular flexibility index (Phi) is 6.01. The molecule has 0 aliphatic heterocycles. The van der Waals surface area contributed by atoms with Gasteiger partial charge in [-0.15, -0.1) is 0 Å². The molecule has 28 heavy (non-hydrogen) atoms. The summed E-state index contributed by atoms with van der Waals surface area (Å²) in [4.78, 5) is 29.0. The third kappa shape index (κ3) is 4.35. The number of hydrogen-bond donors (Lipinski definition) is 1. The molecule has 0 spiro atoms. The lowest BCUT2D eigenvalue weighted by Crippen LogP contribution is -2.23. The molecule has 0 saturated heterocycles. The fraction of sp³-hybridized carbons (Fsp3) is 0.136. The smallest absolute Gasteiger partial charge is 0.337 e. The number of ether oxygens (including phenoxy) is 2. The fourth-order valence-corrected chi connectivity index (χ4v) is 2.82. The predicted octanol–water partition coefficient (Wildman–Crippen LogP) is 3.65. The second kappa shape index (κ2) is 8.81. The summed E-state index contributed by atoms with van der Waals surface area (Å²) in [5.74, 6) is -0.535. The summed E-state index contributed by atoms with van der Waals surface area (Å²) in [6.45, 7) is 0. The molecule has 3 aromatic rings. The van der Waals surface area contributed by atoms with Crippen molar-refractivity contribution in [3.8, 4) is 5.75 Å². The maximum Gasteiger partial charge on any atom is 0.337 e. The highest BCUT2D eigenvalue weighted by molar-refractivity contribution is 5.98. The van der Waals surface area contributed by atoms with Gasteiger partial charge in [0.2, 0.25) is 5.91 Å². The molecule has 0 saturated carbocycles. The van der Waals surface area contributed by atoms with Crippen LogP contribution in [-0.2, 0) is 9.53 Å². The number of nitrogens with zero attached hydrogens (tertiary/aromatic N) is 1. The number of anilines is 1. The minimum Gasteiger partial charge on any atom is -0.497 e. The zero-order valence-corrected chi connectivity index (χ0v) is 15.6. The molecule has 0 aliphatic carbocycles. The number of esters is 1. The molecule has 6 nitrogen and oxygen atoms in total. The largest absolute Gasteiger partial charge is 0.497 e. The normalized spacial score (nSPS) is 11.4. The molecule has 1 unspecified atom stereocenters. The van der Waals surface area contributed by atoms with Crippen molar-refractivity contribution in [1.82, 2.24) is 4.98 Å². The van der Waals surface area contributed by atoms with E-state index in [-0.39, 0.29) is 5.91 Å². The van der Waals surface area contributed by atoms with Crippen molar-refractivity contribution < 1.29 is 19.1 Å². The number of hydrogen-bond acceptors (Lipinski definition) is 5. The van der Waals surface area contributed by atoms with E-state index in [1.54, 1.807) is 43.6 Å². The monoisotopic (exact) mass is 376 g/mol. The Morgan fingerprint density at radius 2 is 1.64 bits per heavy atom. The van der Waals surface area contributed by atoms with Gasteiger partial charge >= 0.3 is 5.97 Å². The van der Waals surface area contributed by atoms with E-state index in [0.29, 0.717) is 22.7 Å². The minimum absolute atomic E-state index is 0.227. The first-order valence-electron chi connectivity index (χ1n) is 8.66. The van der Waals surface area contributed by atoms with Gasteiger partial charge in [-0.1, -0.05) is 18.2 Å². The van der Waals surface area contributed by atoms with Crippen molar-refractivity contribution in [3.63, 3.8) is 0 Å². The topological polar surface area (TPSA) is 77.5 Å². The Morgan fingerprint density at radius 3 is 2.21 bits per heavy atom. The molecule has 0 aliphatic rings. The Labute approximate surface area is 163 Å². The first-order chi connectivity index (χ1) is 13.6. The lowest BCUT2D eigenvalue weighted by atomic mass is 9.94. The SMILES string of the molecule is COC(=O)c1ccc(NC(=O)C(c2ccc(OC)cc2)c2ccccn2)cc1. The van der Waals surface area contributed by atoms with Gasteiger partial charge in [0.25, 0.3) is 0 Å². The van der Waals surface area contributed by atoms with Crippen LogP contribution >= 0.6 is 0 Å². The molecule has 1 heterocycles. The number of nitrogens with one attached hydrogen (secondary N) is 1. The second-order valence-corrected chi connectivity index (χ2v) is 6.02. The summed E-state index contributed by atoms with van der Waals surface area (Å²) >= 11 is 0. The van der Waals surface area contributed by atoms with Crippen LogP contribution in [0.2, 0.25) is 0 Å². The molecule has 0 bridgehead atoms. The van der Waals surface area contributed by atoms with E-state index in [1.165, 1.54) is 7.11 Å². The van der Waals surface area contributed by atoms with Gasteiger partial charge in [-0.05, 0) is 54.1 Å². The number of methoxy groups -OCH3 is 2. The van der Waals surface area contributed by atoms with Gasteiger partial charge in [0.05, 0.1) is 25.5 Å². The summed E-state index contributed by atoms with van der Waals surface area (Å²) < 4.78 is 9.88. The summed E-state index contributed by atoms with van der Waals surface area (Å²) in [6.07, 6.45) is 1.66. The van der Waals surface area contributed by atoms with Crippen LogP contribution in [0.5, 0.6) is 5.75 Å². The lowest BCUT2D eigenvalue weighted by molar-refractivity contribution is -0.116. The van der Waals surface area contributed by atoms with Gasteiger partial charge in [0.15, 0.2) is 0 Å². The summed E-state index contributed by atoms with van der Waals surface area (Å²) in [5.41, 5.74) is 2.42. The fourth-order valence-electron chi connectivity index (χ4n) is 2.82. The third-order valence-corrected chi connectivity index (χ3v) is 4.27. The van der Waals surface area contributed by atoms with Crippen molar-refractivity contribution in [1.29, 1.82) is 0 Å². The molecule has 3 rings (SSSR count). The summed E-state index contributed by atoms with van der Waals surface area (Å²) in [5, 5.41) is 2.89. The van der Waals surface area contributed by atoms with E-state index < -0.39 is 11.9 Å². The zero-order valence-electron chi connectivity index (χ0n) is 15.6. The van der Waals surface area contributed by atoms with Gasteiger partial charge in [0, 0.05) is 11.9 Å². The van der Waals surface area contributed by atoms with E-state index >= 15 is 0 Å². The molecule has 0 radical (unpaired) electrons. The zero-order chi connectivity index (χ0) is 19.9. The number of amides is 1. The van der Waals surface area contributed by atoms with Crippen LogP contribution in [0.3, 0.4) is 0 Å². The first kappa shape index (κ1) is 19.1. The summed E-state index contributed by atoms with van der Waals surface area (Å²) in [6, 6.07) is 19.3. The molecule has 6 heteroatoms. The second-order valence-electron chi connectivity index (χ2n) is 6.02. The highest BCUT2D eigenvalue weighted by Crippen LogP contribution is 2.27. The number of carbonyl (C=O) groups excluding carboxylic acids is 2. The molecule has 1 aromatic heterocycles. The van der Waals surface area contributed by atoms with Gasteiger partial charge < -0.3 is 14.8 Å². The highest BCUT2D eigenvalue weighted by atomic mass is 16.5. The van der Waals surface area contributed by atoms with Crippen molar-refractivity contribution in [2.75, 3.05) is 19.5 Å². The lowest BCUT2D eigenvalue weighted by Gasteiger charge is -2.17. The molecular weight excluding hydrogens is 356 g/mol. The molecule has 1 N–H and O–H groups in total. The molecule has 142 valence electrons. The van der Waals surface area contributed by atoms with Crippen molar-refractivity contribution in [2.45, 2.75) is 5.92 Å². The van der Waals surface area contributed by atoms with Crippen LogP contribution in [0, 0.1) is 0 Å². The van der Waals surface area contributed by atoms with Gasteiger partial charge in [0.1, 0.15) is 11.7 Å². The van der Waals surface area contributed by atoms with Crippen LogP contribution in [0.1, 0.15) is 27.5 Å². The Balaban J connectivity index is 1.87. The van der Waals surface area contributed by atoms with E-state index in [9.17, 15) is 9.59 Å². The van der Waals surface area contributed by atoms with E-state index in [2.05, 4.69) is 15.0 Å². The van der Waals surface area contributed by atoms with Crippen LogP contribution in [0.15, 0.2) is 72.9 Å². The molecule has 2 aromatic carbocycles. The maximum absolute atomic E-state index is 13.1. The average molecular weight is 376 g/mol. The van der Waals surface area contributed by atoms with Gasteiger partial charge in [-0.25, -0.2) is 4.79 Å². The quantitative estimate of drug-likeness (QED) is 0.665. The minimum atomic E-state index is -0.590. The van der Waals surface area contributed by atoms with Crippen LogP contribution in [0.25, 0.3) is 0 Å². The van der Waals surface area contributed by atoms with Crippen LogP contribution < -0.4 is 10.1 Å². The van der Waals surface area contributed by atoms with E-state index in [1.807, 2.05) is 36.4 Å². The standard InChI is InChI=1S/C22H20N2O4/c1-27-18-12-8-15(9-13-18)20(19-5-3-4-14-23-19)21(25)24-17-10-6-16(7-11-17)22(26)28-2/h3-14,20H,1-2H3,(H,24,25). The highest BCUT2D eigenvalue weighted by Gasteiger charge is 2.24. The molecular formula is C22H20N2O4. The average Bonchev–Trinajstić information content (AvgIpc) is 2.75. The molecule has 0 fully saturated rings. The van der Waals surface area contributed by atoms with Crippen molar-refractivity contribution in [3.05, 3.63) is 89.7 Å². The molecule has 1 amide bonds. The Bertz CT molecular complexity index is 939. The summed E-state index contributed by atoms with van der Waals surface area (Å²) in [7, 11) is 2.92. The van der Waals surface area contributed by atoms with Gasteiger partial charge in [-0.3, -0.25) is 9.78 Å². The Hall–Kier alpha value is -3.67. The first-order valence-corrected chi connectivity index (χ1v) is 8.66. The van der Waals surface area contributed by atoms with Crippen molar-refractivity contribution in [2.24, 2.45) is 0 Å². The number of benzene rings is 2.